The largest absolute Gasteiger partial charge is 0.468 e. The normalized spacial score (nSPS) is 17.2. The second-order valence-electron chi connectivity index (χ2n) is 6.40. The third-order valence-electron chi connectivity index (χ3n) is 4.34. The van der Waals surface area contributed by atoms with Crippen LogP contribution in [0.3, 0.4) is 0 Å². The Morgan fingerprint density at radius 2 is 2.12 bits per heavy atom. The number of aromatic nitrogens is 2. The molecular formula is C19H20BrN3O3. The highest BCUT2D eigenvalue weighted by Gasteiger charge is 2.22. The van der Waals surface area contributed by atoms with Crippen molar-refractivity contribution in [3.8, 4) is 11.5 Å². The van der Waals surface area contributed by atoms with E-state index in [1.54, 1.807) is 6.26 Å². The minimum Gasteiger partial charge on any atom is -0.468 e. The van der Waals surface area contributed by atoms with Crippen molar-refractivity contribution in [2.75, 3.05) is 13.2 Å². The van der Waals surface area contributed by atoms with Crippen LogP contribution in [-0.2, 0) is 17.8 Å². The van der Waals surface area contributed by atoms with E-state index in [9.17, 15) is 0 Å². The first-order valence-corrected chi connectivity index (χ1v) is 9.50. The smallest absolute Gasteiger partial charge is 0.247 e. The van der Waals surface area contributed by atoms with E-state index in [2.05, 4.69) is 31.0 Å². The molecule has 26 heavy (non-hydrogen) atoms. The minimum absolute atomic E-state index is 0.248. The zero-order valence-corrected chi connectivity index (χ0v) is 15.9. The average Bonchev–Trinajstić information content (AvgIpc) is 3.37. The first-order chi connectivity index (χ1) is 12.8. The Morgan fingerprint density at radius 1 is 1.15 bits per heavy atom. The molecule has 4 rings (SSSR count). The zero-order valence-electron chi connectivity index (χ0n) is 14.3. The van der Waals surface area contributed by atoms with Crippen LogP contribution in [0.15, 0.2) is 56.0 Å². The minimum atomic E-state index is 0.248. The van der Waals surface area contributed by atoms with Crippen LogP contribution in [0, 0.1) is 0 Å². The fraction of sp³-hybridized carbons (Fsp3) is 0.368. The molecule has 2 aromatic heterocycles. The molecule has 1 aliphatic heterocycles. The van der Waals surface area contributed by atoms with E-state index >= 15 is 0 Å². The van der Waals surface area contributed by atoms with Gasteiger partial charge in [-0.2, -0.15) is 0 Å². The van der Waals surface area contributed by atoms with Gasteiger partial charge >= 0.3 is 0 Å². The van der Waals surface area contributed by atoms with E-state index in [0.717, 1.165) is 41.8 Å². The molecule has 1 aliphatic rings. The Kier molecular flexibility index (Phi) is 5.48. The van der Waals surface area contributed by atoms with Crippen molar-refractivity contribution in [1.29, 1.82) is 0 Å². The standard InChI is InChI=1S/C19H20BrN3O3/c20-15-5-1-4-14(10-15)19-22-21-18(26-19)13-23(11-16-6-2-8-24-16)12-17-7-3-9-25-17/h1-2,4-6,8,10,17H,3,7,9,11-13H2. The monoisotopic (exact) mass is 417 g/mol. The van der Waals surface area contributed by atoms with E-state index in [1.807, 2.05) is 36.4 Å². The van der Waals surface area contributed by atoms with Gasteiger partial charge in [-0.05, 0) is 43.2 Å². The summed E-state index contributed by atoms with van der Waals surface area (Å²) in [6.45, 7) is 2.89. The van der Waals surface area contributed by atoms with Crippen molar-refractivity contribution in [3.63, 3.8) is 0 Å². The molecule has 136 valence electrons. The Morgan fingerprint density at radius 3 is 2.88 bits per heavy atom. The van der Waals surface area contributed by atoms with Crippen LogP contribution >= 0.6 is 15.9 Å². The Balaban J connectivity index is 1.47. The predicted octanol–water partition coefficient (Wildman–Crippen LogP) is 4.27. The number of hydrogen-bond donors (Lipinski definition) is 0. The molecule has 3 aromatic rings. The number of furan rings is 1. The van der Waals surface area contributed by atoms with Gasteiger partial charge in [0.15, 0.2) is 0 Å². The van der Waals surface area contributed by atoms with E-state index in [4.69, 9.17) is 13.6 Å². The average molecular weight is 418 g/mol. The number of ether oxygens (including phenoxy) is 1. The number of hydrogen-bond acceptors (Lipinski definition) is 6. The van der Waals surface area contributed by atoms with Crippen LogP contribution in [0.5, 0.6) is 0 Å². The van der Waals surface area contributed by atoms with Crippen LogP contribution in [0.4, 0.5) is 0 Å². The lowest BCUT2D eigenvalue weighted by Gasteiger charge is -2.22. The number of nitrogens with zero attached hydrogens (tertiary/aromatic N) is 3. The second kappa shape index (κ2) is 8.16. The molecule has 1 saturated heterocycles. The van der Waals surface area contributed by atoms with Crippen molar-refractivity contribution in [3.05, 3.63) is 58.8 Å². The molecule has 0 aliphatic carbocycles. The van der Waals surface area contributed by atoms with Gasteiger partial charge in [0, 0.05) is 23.2 Å². The summed E-state index contributed by atoms with van der Waals surface area (Å²) in [5.41, 5.74) is 0.898. The van der Waals surface area contributed by atoms with E-state index < -0.39 is 0 Å². The van der Waals surface area contributed by atoms with Gasteiger partial charge in [0.2, 0.25) is 11.8 Å². The Bertz CT molecular complexity index is 828. The van der Waals surface area contributed by atoms with Gasteiger partial charge in [-0.25, -0.2) is 0 Å². The van der Waals surface area contributed by atoms with Gasteiger partial charge in [-0.1, -0.05) is 22.0 Å². The number of halogens is 1. The molecule has 0 spiro atoms. The van der Waals surface area contributed by atoms with Crippen LogP contribution in [-0.4, -0.2) is 34.4 Å². The maximum atomic E-state index is 5.88. The Labute approximate surface area is 160 Å². The molecule has 0 radical (unpaired) electrons. The maximum absolute atomic E-state index is 5.88. The molecule has 3 heterocycles. The first kappa shape index (κ1) is 17.5. The highest BCUT2D eigenvalue weighted by atomic mass is 79.9. The van der Waals surface area contributed by atoms with Gasteiger partial charge in [-0.15, -0.1) is 10.2 Å². The van der Waals surface area contributed by atoms with Gasteiger partial charge in [0.25, 0.3) is 0 Å². The van der Waals surface area contributed by atoms with Crippen molar-refractivity contribution >= 4 is 15.9 Å². The molecule has 7 heteroatoms. The lowest BCUT2D eigenvalue weighted by molar-refractivity contribution is 0.0624. The predicted molar refractivity (Wildman–Crippen MR) is 99.2 cm³/mol. The van der Waals surface area contributed by atoms with Gasteiger partial charge in [-0.3, -0.25) is 4.90 Å². The van der Waals surface area contributed by atoms with E-state index in [1.165, 1.54) is 0 Å². The van der Waals surface area contributed by atoms with Crippen LogP contribution in [0.25, 0.3) is 11.5 Å². The number of rotatable bonds is 7. The summed E-state index contributed by atoms with van der Waals surface area (Å²) in [5, 5.41) is 8.41. The summed E-state index contributed by atoms with van der Waals surface area (Å²) in [5.74, 6) is 2.02. The summed E-state index contributed by atoms with van der Waals surface area (Å²) in [7, 11) is 0. The SMILES string of the molecule is Brc1cccc(-c2nnc(CN(Cc3ccco3)CC3CCCO3)o2)c1. The molecule has 6 nitrogen and oxygen atoms in total. The zero-order chi connectivity index (χ0) is 17.8. The van der Waals surface area contributed by atoms with Crippen LogP contribution < -0.4 is 0 Å². The molecule has 1 aromatic carbocycles. The molecular weight excluding hydrogens is 398 g/mol. The van der Waals surface area contributed by atoms with Crippen LogP contribution in [0.1, 0.15) is 24.5 Å². The summed E-state index contributed by atoms with van der Waals surface area (Å²) in [6.07, 6.45) is 4.14. The highest BCUT2D eigenvalue weighted by molar-refractivity contribution is 9.10. The lowest BCUT2D eigenvalue weighted by atomic mass is 10.2. The van der Waals surface area contributed by atoms with Crippen LogP contribution in [0.2, 0.25) is 0 Å². The molecule has 1 unspecified atom stereocenters. The highest BCUT2D eigenvalue weighted by Crippen LogP contribution is 2.23. The fourth-order valence-corrected chi connectivity index (χ4v) is 3.53. The van der Waals surface area contributed by atoms with E-state index in [0.29, 0.717) is 24.9 Å². The molecule has 0 N–H and O–H groups in total. The van der Waals surface area contributed by atoms with Gasteiger partial charge < -0.3 is 13.6 Å². The third kappa shape index (κ3) is 4.41. The first-order valence-electron chi connectivity index (χ1n) is 8.71. The summed E-state index contributed by atoms with van der Waals surface area (Å²) in [4.78, 5) is 2.23. The summed E-state index contributed by atoms with van der Waals surface area (Å²) >= 11 is 3.47. The molecule has 0 saturated carbocycles. The van der Waals surface area contributed by atoms with Crippen molar-refractivity contribution in [1.82, 2.24) is 15.1 Å². The van der Waals surface area contributed by atoms with Crippen molar-refractivity contribution in [2.45, 2.75) is 32.0 Å². The number of benzene rings is 1. The quantitative estimate of drug-likeness (QED) is 0.571. The molecule has 1 atom stereocenters. The molecule has 0 amide bonds. The Hall–Kier alpha value is -1.96. The topological polar surface area (TPSA) is 64.5 Å². The summed E-state index contributed by atoms with van der Waals surface area (Å²) < 4.78 is 18.1. The summed E-state index contributed by atoms with van der Waals surface area (Å²) in [6, 6.07) is 11.7. The second-order valence-corrected chi connectivity index (χ2v) is 7.31. The van der Waals surface area contributed by atoms with Gasteiger partial charge in [0.05, 0.1) is 25.5 Å². The molecule has 1 fully saturated rings. The van der Waals surface area contributed by atoms with E-state index in [-0.39, 0.29) is 6.10 Å². The fourth-order valence-electron chi connectivity index (χ4n) is 3.13. The van der Waals surface area contributed by atoms with Crippen molar-refractivity contribution in [2.24, 2.45) is 0 Å². The maximum Gasteiger partial charge on any atom is 0.247 e. The lowest BCUT2D eigenvalue weighted by Crippen LogP contribution is -2.31. The van der Waals surface area contributed by atoms with Crippen molar-refractivity contribution < 1.29 is 13.6 Å². The molecule has 0 bridgehead atoms. The third-order valence-corrected chi connectivity index (χ3v) is 4.84. The van der Waals surface area contributed by atoms with Gasteiger partial charge in [0.1, 0.15) is 5.76 Å².